The third-order valence-electron chi connectivity index (χ3n) is 3.89. The van der Waals surface area contributed by atoms with Crippen LogP contribution < -0.4 is 5.56 Å². The Morgan fingerprint density at radius 3 is 2.48 bits per heavy atom. The summed E-state index contributed by atoms with van der Waals surface area (Å²) >= 11 is 0. The van der Waals surface area contributed by atoms with Crippen LogP contribution in [-0.4, -0.2) is 44.8 Å². The molecule has 0 aliphatic rings. The fourth-order valence-corrected chi connectivity index (χ4v) is 2.75. The maximum atomic E-state index is 12.7. The number of hydrogen-bond acceptors (Lipinski definition) is 4. The van der Waals surface area contributed by atoms with Gasteiger partial charge in [0.1, 0.15) is 0 Å². The van der Waals surface area contributed by atoms with E-state index in [0.717, 1.165) is 0 Å². The van der Waals surface area contributed by atoms with E-state index in [1.54, 1.807) is 36.2 Å². The second-order valence-electron chi connectivity index (χ2n) is 6.48. The molecule has 0 atom stereocenters. The molecule has 134 valence electrons. The molecule has 0 spiro atoms. The van der Waals surface area contributed by atoms with Gasteiger partial charge in [0.25, 0.3) is 5.56 Å². The molecule has 1 heterocycles. The third-order valence-corrected chi connectivity index (χ3v) is 3.89. The maximum Gasteiger partial charge on any atom is 0.305 e. The van der Waals surface area contributed by atoms with Gasteiger partial charge in [-0.15, -0.1) is 0 Å². The molecule has 0 bridgehead atoms. The van der Waals surface area contributed by atoms with Crippen molar-refractivity contribution in [3.8, 4) is 0 Å². The van der Waals surface area contributed by atoms with Gasteiger partial charge in [-0.1, -0.05) is 32.0 Å². The number of benzene rings is 1. The number of aromatic nitrogens is 2. The molecule has 7 nitrogen and oxygen atoms in total. The Morgan fingerprint density at radius 2 is 1.88 bits per heavy atom. The fraction of sp³-hybridized carbons (Fsp3) is 0.444. The van der Waals surface area contributed by atoms with E-state index in [1.807, 2.05) is 13.8 Å². The molecule has 1 amide bonds. The number of aliphatic carboxylic acids is 1. The van der Waals surface area contributed by atoms with Crippen molar-refractivity contribution in [3.05, 3.63) is 40.3 Å². The third kappa shape index (κ3) is 4.65. The highest BCUT2D eigenvalue weighted by molar-refractivity contribution is 5.88. The number of hydrogen-bond donors (Lipinski definition) is 1. The van der Waals surface area contributed by atoms with Crippen LogP contribution in [0.1, 0.15) is 26.0 Å². The van der Waals surface area contributed by atoms with Crippen LogP contribution in [0.4, 0.5) is 0 Å². The van der Waals surface area contributed by atoms with Crippen LogP contribution in [0.5, 0.6) is 0 Å². The summed E-state index contributed by atoms with van der Waals surface area (Å²) < 4.78 is 1.23. The van der Waals surface area contributed by atoms with Crippen molar-refractivity contribution in [3.63, 3.8) is 0 Å². The molecule has 0 radical (unpaired) electrons. The first-order valence-corrected chi connectivity index (χ1v) is 8.24. The van der Waals surface area contributed by atoms with E-state index in [1.165, 1.54) is 4.68 Å². The lowest BCUT2D eigenvalue weighted by Crippen LogP contribution is -2.37. The molecule has 0 aliphatic heterocycles. The smallest absolute Gasteiger partial charge is 0.305 e. The second-order valence-corrected chi connectivity index (χ2v) is 6.48. The summed E-state index contributed by atoms with van der Waals surface area (Å²) in [6.45, 7) is 4.59. The van der Waals surface area contributed by atoms with E-state index in [9.17, 15) is 14.4 Å². The maximum absolute atomic E-state index is 12.7. The molecule has 0 saturated carbocycles. The lowest BCUT2D eigenvalue weighted by molar-refractivity contribution is -0.138. The quantitative estimate of drug-likeness (QED) is 0.819. The number of amides is 1. The zero-order valence-electron chi connectivity index (χ0n) is 14.7. The largest absolute Gasteiger partial charge is 0.481 e. The van der Waals surface area contributed by atoms with Crippen molar-refractivity contribution in [2.45, 2.75) is 26.7 Å². The Hall–Kier alpha value is -2.70. The summed E-state index contributed by atoms with van der Waals surface area (Å²) in [5.74, 6) is -0.902. The van der Waals surface area contributed by atoms with Crippen molar-refractivity contribution in [2.75, 3.05) is 13.1 Å². The van der Waals surface area contributed by atoms with Crippen molar-refractivity contribution in [1.29, 1.82) is 0 Å². The zero-order chi connectivity index (χ0) is 18.6. The van der Waals surface area contributed by atoms with Crippen LogP contribution >= 0.6 is 0 Å². The van der Waals surface area contributed by atoms with Crippen molar-refractivity contribution < 1.29 is 14.7 Å². The molecule has 1 N–H and O–H groups in total. The van der Waals surface area contributed by atoms with Gasteiger partial charge in [-0.2, -0.15) is 5.10 Å². The average Bonchev–Trinajstić information content (AvgIpc) is 2.55. The highest BCUT2D eigenvalue weighted by Gasteiger charge is 2.19. The van der Waals surface area contributed by atoms with Crippen LogP contribution in [0.2, 0.25) is 0 Å². The molecule has 1 aromatic heterocycles. The number of carbonyl (C=O) groups is 2. The van der Waals surface area contributed by atoms with Crippen LogP contribution in [0.15, 0.2) is 29.1 Å². The average molecular weight is 345 g/mol. The summed E-state index contributed by atoms with van der Waals surface area (Å²) in [6.07, 6.45) is -0.0686. The van der Waals surface area contributed by atoms with Crippen molar-refractivity contribution >= 4 is 22.6 Å². The van der Waals surface area contributed by atoms with E-state index in [-0.39, 0.29) is 36.8 Å². The molecule has 0 aliphatic carbocycles. The minimum atomic E-state index is -0.938. The topological polar surface area (TPSA) is 92.5 Å². The highest BCUT2D eigenvalue weighted by atomic mass is 16.4. The number of carboxylic acids is 1. The standard InChI is InChI=1S/C18H23N3O4/c1-12(2)11-21(9-8-17(23)24)16(22)10-15-13-6-4-5-7-14(13)18(25)20(3)19-15/h4-7,12H,8-11H2,1-3H3,(H,23,24). The molecule has 2 aromatic rings. The summed E-state index contributed by atoms with van der Waals surface area (Å²) in [6, 6.07) is 7.06. The molecule has 0 unspecified atom stereocenters. The second kappa shape index (κ2) is 7.92. The molecule has 0 saturated heterocycles. The fourth-order valence-electron chi connectivity index (χ4n) is 2.75. The summed E-state index contributed by atoms with van der Waals surface area (Å²) in [5, 5.41) is 14.3. The van der Waals surface area contributed by atoms with E-state index >= 15 is 0 Å². The number of rotatable bonds is 7. The first-order chi connectivity index (χ1) is 11.8. The number of carbonyl (C=O) groups excluding carboxylic acids is 1. The Labute approximate surface area is 145 Å². The summed E-state index contributed by atoms with van der Waals surface area (Å²) in [7, 11) is 1.55. The van der Waals surface area contributed by atoms with Gasteiger partial charge in [-0.05, 0) is 12.0 Å². The minimum Gasteiger partial charge on any atom is -0.481 e. The first kappa shape index (κ1) is 18.6. The normalized spacial score (nSPS) is 11.0. The van der Waals surface area contributed by atoms with E-state index in [4.69, 9.17) is 5.11 Å². The van der Waals surface area contributed by atoms with Gasteiger partial charge in [0.2, 0.25) is 5.91 Å². The predicted molar refractivity (Wildman–Crippen MR) is 94.4 cm³/mol. The van der Waals surface area contributed by atoms with E-state index in [2.05, 4.69) is 5.10 Å². The number of nitrogens with zero attached hydrogens (tertiary/aromatic N) is 3. The first-order valence-electron chi connectivity index (χ1n) is 8.24. The molecule has 25 heavy (non-hydrogen) atoms. The van der Waals surface area contributed by atoms with Gasteiger partial charge in [0, 0.05) is 25.5 Å². The van der Waals surface area contributed by atoms with Crippen LogP contribution in [-0.2, 0) is 23.1 Å². The van der Waals surface area contributed by atoms with Gasteiger partial charge in [0.05, 0.1) is 23.9 Å². The Balaban J connectivity index is 2.31. The molecule has 0 fully saturated rings. The molecule has 1 aromatic carbocycles. The van der Waals surface area contributed by atoms with Crippen molar-refractivity contribution in [2.24, 2.45) is 13.0 Å². The Bertz CT molecular complexity index is 842. The molecule has 2 rings (SSSR count). The highest BCUT2D eigenvalue weighted by Crippen LogP contribution is 2.15. The predicted octanol–water partition coefficient (Wildman–Crippen LogP) is 1.44. The Morgan fingerprint density at radius 1 is 1.24 bits per heavy atom. The Kier molecular flexibility index (Phi) is 5.90. The SMILES string of the molecule is CC(C)CN(CCC(=O)O)C(=O)Cc1nn(C)c(=O)c2ccccc12. The zero-order valence-corrected chi connectivity index (χ0v) is 14.7. The van der Waals surface area contributed by atoms with E-state index in [0.29, 0.717) is 23.0 Å². The van der Waals surface area contributed by atoms with Crippen LogP contribution in [0, 0.1) is 5.92 Å². The molecular weight excluding hydrogens is 322 g/mol. The summed E-state index contributed by atoms with van der Waals surface area (Å²) in [5.41, 5.74) is 0.309. The monoisotopic (exact) mass is 345 g/mol. The van der Waals surface area contributed by atoms with Crippen LogP contribution in [0.3, 0.4) is 0 Å². The number of fused-ring (bicyclic) bond motifs is 1. The lowest BCUT2D eigenvalue weighted by Gasteiger charge is -2.24. The number of aryl methyl sites for hydroxylation is 1. The molecular formula is C18H23N3O4. The number of carboxylic acid groups (broad SMARTS) is 1. The van der Waals surface area contributed by atoms with Crippen LogP contribution in [0.25, 0.3) is 10.8 Å². The molecule has 7 heteroatoms. The minimum absolute atomic E-state index is 0.0287. The van der Waals surface area contributed by atoms with Gasteiger partial charge < -0.3 is 10.0 Å². The van der Waals surface area contributed by atoms with E-state index < -0.39 is 5.97 Å². The van der Waals surface area contributed by atoms with Gasteiger partial charge in [0.15, 0.2) is 0 Å². The van der Waals surface area contributed by atoms with Gasteiger partial charge in [-0.3, -0.25) is 14.4 Å². The van der Waals surface area contributed by atoms with Gasteiger partial charge in [-0.25, -0.2) is 4.68 Å². The summed E-state index contributed by atoms with van der Waals surface area (Å²) in [4.78, 5) is 37.3. The van der Waals surface area contributed by atoms with Gasteiger partial charge >= 0.3 is 5.97 Å². The lowest BCUT2D eigenvalue weighted by atomic mass is 10.1. The van der Waals surface area contributed by atoms with Crippen molar-refractivity contribution in [1.82, 2.24) is 14.7 Å².